The number of nitrogens with zero attached hydrogens (tertiary/aromatic N) is 2. The van der Waals surface area contributed by atoms with Crippen LogP contribution in [-0.4, -0.2) is 83.7 Å². The van der Waals surface area contributed by atoms with E-state index in [-0.39, 0.29) is 12.2 Å². The van der Waals surface area contributed by atoms with Crippen molar-refractivity contribution in [2.45, 2.75) is 192 Å². The molecule has 0 aromatic heterocycles. The molecule has 2 saturated carbocycles. The largest absolute Gasteiger partial charge is 0.393 e. The molecule has 2 aliphatic carbocycles. The number of quaternary nitrogens is 2. The number of piperidine rings is 2. The minimum atomic E-state index is -0.158. The van der Waals surface area contributed by atoms with Crippen molar-refractivity contribution in [1.29, 1.82) is 0 Å². The summed E-state index contributed by atoms with van der Waals surface area (Å²) < 4.78 is 2.23. The molecule has 0 radical (unpaired) electrons. The number of hydrogen-bond acceptors (Lipinski definition) is 2. The highest BCUT2D eigenvalue weighted by molar-refractivity contribution is 5.05. The molecule has 0 bridgehead atoms. The third kappa shape index (κ3) is 18.8. The molecule has 2 heterocycles. The lowest BCUT2D eigenvalue weighted by atomic mass is 9.69. The van der Waals surface area contributed by atoms with Gasteiger partial charge >= 0.3 is 0 Å². The summed E-state index contributed by atoms with van der Waals surface area (Å²) in [4.78, 5) is 0. The van der Waals surface area contributed by atoms with Crippen LogP contribution in [-0.2, 0) is 0 Å². The first-order chi connectivity index (χ1) is 31.1. The van der Waals surface area contributed by atoms with Crippen molar-refractivity contribution in [3.8, 4) is 0 Å². The monoisotopic (exact) mass is 883 g/mol. The molecule has 4 heteroatoms. The summed E-state index contributed by atoms with van der Waals surface area (Å²) in [6.07, 6.45) is 55.7. The van der Waals surface area contributed by atoms with Gasteiger partial charge in [0.15, 0.2) is 0 Å². The molecule has 0 spiro atoms. The van der Waals surface area contributed by atoms with E-state index in [9.17, 15) is 10.2 Å². The molecule has 2 N–H and O–H groups in total. The molecule has 0 aromatic rings. The molecule has 362 valence electrons. The highest BCUT2D eigenvalue weighted by Gasteiger charge is 2.35. The van der Waals surface area contributed by atoms with Crippen LogP contribution in [0.3, 0.4) is 0 Å². The molecule has 4 aliphatic rings. The van der Waals surface area contributed by atoms with Gasteiger partial charge < -0.3 is 19.2 Å². The second kappa shape index (κ2) is 29.5. The summed E-state index contributed by atoms with van der Waals surface area (Å²) in [6.45, 7) is 33.6. The molecule has 64 heavy (non-hydrogen) atoms. The van der Waals surface area contributed by atoms with Gasteiger partial charge in [0.25, 0.3) is 0 Å². The Kier molecular flexibility index (Phi) is 25.1. The Hall–Kier alpha value is -2.24. The number of hydrogen-bond donors (Lipinski definition) is 2. The molecule has 2 saturated heterocycles. The lowest BCUT2D eigenvalue weighted by Crippen LogP contribution is -2.54. The van der Waals surface area contributed by atoms with Crippen LogP contribution in [0.5, 0.6) is 0 Å². The summed E-state index contributed by atoms with van der Waals surface area (Å²) in [6, 6.07) is 0. The average molecular weight is 883 g/mol. The fourth-order valence-electron chi connectivity index (χ4n) is 13.6. The van der Waals surface area contributed by atoms with E-state index in [1.54, 1.807) is 0 Å². The fourth-order valence-corrected chi connectivity index (χ4v) is 13.6. The van der Waals surface area contributed by atoms with Gasteiger partial charge in [-0.15, -0.1) is 19.7 Å². The number of likely N-dealkylation sites (tertiary alicyclic amines) is 2. The van der Waals surface area contributed by atoms with Crippen molar-refractivity contribution in [2.75, 3.05) is 52.4 Å². The zero-order valence-corrected chi connectivity index (χ0v) is 41.7. The molecule has 0 amide bonds. The van der Waals surface area contributed by atoms with Gasteiger partial charge in [-0.1, -0.05) is 101 Å². The minimum absolute atomic E-state index is 0.152. The standard InChI is InChI=1S/C60H102N2O2/c1-7-37-59(38-8-2)42-19-23-53(24-20-43-59)26-30-58(64)33-29-56-25-21-49-62(52-56,47-12-6)48-18-14-13-16-40-60(39-9-3)41-17-15-22-54(34-44-60)27-31-57(63)32-28-55-35-50-61(45-10-4,46-11-5)51-36-55/h7-14,16,18,53-58,63-64H,1-6,15,17,19-52H2/q+2/b16-13-,18-14-. The van der Waals surface area contributed by atoms with E-state index in [4.69, 9.17) is 0 Å². The Morgan fingerprint density at radius 1 is 0.422 bits per heavy atom. The van der Waals surface area contributed by atoms with Crippen molar-refractivity contribution < 1.29 is 19.2 Å². The smallest absolute Gasteiger partial charge is 0.0979 e. The predicted molar refractivity (Wildman–Crippen MR) is 279 cm³/mol. The maximum atomic E-state index is 11.2. The fraction of sp³-hybridized carbons (Fsp3) is 0.733. The molecule has 6 atom stereocenters. The Morgan fingerprint density at radius 3 is 1.44 bits per heavy atom. The van der Waals surface area contributed by atoms with Crippen LogP contribution in [0.1, 0.15) is 180 Å². The van der Waals surface area contributed by atoms with Crippen LogP contribution in [0.2, 0.25) is 0 Å². The molecular formula is C60H102N2O2+2. The SMILES string of the molecule is C=CCC1(CC=C)CCCC(CCC(O)CCC2CCC[N+](CC=C)(C/C=C\C=C/CC3(CC=C)CCCCC(CCC(O)CCC4CC[N+](CC=C)(CC=C)CC4)CC3)C2)CCC1. The Morgan fingerprint density at radius 2 is 0.875 bits per heavy atom. The minimum Gasteiger partial charge on any atom is -0.393 e. The highest BCUT2D eigenvalue weighted by atomic mass is 16.3. The van der Waals surface area contributed by atoms with Crippen LogP contribution >= 0.6 is 0 Å². The van der Waals surface area contributed by atoms with Gasteiger partial charge in [0.2, 0.25) is 0 Å². The summed E-state index contributed by atoms with van der Waals surface area (Å²) in [5.74, 6) is 2.95. The van der Waals surface area contributed by atoms with E-state index >= 15 is 0 Å². The number of aliphatic hydroxyl groups excluding tert-OH is 2. The normalized spacial score (nSPS) is 28.3. The first-order valence-corrected chi connectivity index (χ1v) is 27.1. The summed E-state index contributed by atoms with van der Waals surface area (Å²) in [5, 5.41) is 22.2. The van der Waals surface area contributed by atoms with Gasteiger partial charge in [0.05, 0.1) is 64.6 Å². The summed E-state index contributed by atoms with van der Waals surface area (Å²) >= 11 is 0. The van der Waals surface area contributed by atoms with E-state index in [2.05, 4.69) is 100 Å². The summed E-state index contributed by atoms with van der Waals surface area (Å²) in [7, 11) is 0. The first kappa shape index (κ1) is 54.4. The Balaban J connectivity index is 1.17. The summed E-state index contributed by atoms with van der Waals surface area (Å²) in [5.41, 5.74) is 0.706. The van der Waals surface area contributed by atoms with E-state index in [1.165, 1.54) is 148 Å². The third-order valence-corrected chi connectivity index (χ3v) is 17.5. The quantitative estimate of drug-likeness (QED) is 0.0446. The van der Waals surface area contributed by atoms with Gasteiger partial charge in [-0.2, -0.15) is 0 Å². The van der Waals surface area contributed by atoms with Crippen molar-refractivity contribution >= 4 is 0 Å². The van der Waals surface area contributed by atoms with Gasteiger partial charge in [-0.3, -0.25) is 0 Å². The second-order valence-electron chi connectivity index (χ2n) is 22.5. The number of allylic oxidation sites excluding steroid dienone is 6. The lowest BCUT2D eigenvalue weighted by molar-refractivity contribution is -0.925. The average Bonchev–Trinajstić information content (AvgIpc) is 3.26. The van der Waals surface area contributed by atoms with Crippen molar-refractivity contribution in [3.05, 3.63) is 100 Å². The van der Waals surface area contributed by atoms with Gasteiger partial charge in [0, 0.05) is 5.92 Å². The van der Waals surface area contributed by atoms with Crippen LogP contribution in [0.4, 0.5) is 0 Å². The van der Waals surface area contributed by atoms with Crippen LogP contribution in [0.25, 0.3) is 0 Å². The van der Waals surface area contributed by atoms with Crippen molar-refractivity contribution in [2.24, 2.45) is 34.5 Å². The lowest BCUT2D eigenvalue weighted by Gasteiger charge is -2.43. The zero-order valence-electron chi connectivity index (χ0n) is 41.7. The van der Waals surface area contributed by atoms with E-state index in [1.807, 2.05) is 0 Å². The van der Waals surface area contributed by atoms with Crippen LogP contribution < -0.4 is 0 Å². The molecule has 4 nitrogen and oxygen atoms in total. The maximum absolute atomic E-state index is 11.2. The molecule has 4 rings (SSSR count). The highest BCUT2D eigenvalue weighted by Crippen LogP contribution is 2.44. The van der Waals surface area contributed by atoms with Crippen molar-refractivity contribution in [1.82, 2.24) is 0 Å². The number of aliphatic hydroxyl groups is 2. The molecule has 4 fully saturated rings. The van der Waals surface area contributed by atoms with E-state index in [0.717, 1.165) is 111 Å². The predicted octanol–water partition coefficient (Wildman–Crippen LogP) is 15.0. The third-order valence-electron chi connectivity index (χ3n) is 17.5. The van der Waals surface area contributed by atoms with Gasteiger partial charge in [0.1, 0.15) is 0 Å². The van der Waals surface area contributed by atoms with Crippen LogP contribution in [0, 0.1) is 34.5 Å². The Bertz CT molecular complexity index is 1390. The molecule has 6 unspecified atom stereocenters. The van der Waals surface area contributed by atoms with Crippen LogP contribution in [0.15, 0.2) is 100 Å². The number of rotatable bonds is 29. The van der Waals surface area contributed by atoms with E-state index < -0.39 is 0 Å². The van der Waals surface area contributed by atoms with Gasteiger partial charge in [-0.25, -0.2) is 0 Å². The molecular weight excluding hydrogens is 781 g/mol. The van der Waals surface area contributed by atoms with Crippen molar-refractivity contribution in [3.63, 3.8) is 0 Å². The zero-order chi connectivity index (χ0) is 46.0. The second-order valence-corrected chi connectivity index (χ2v) is 22.5. The Labute approximate surface area is 396 Å². The molecule has 2 aliphatic heterocycles. The topological polar surface area (TPSA) is 40.5 Å². The first-order valence-electron chi connectivity index (χ1n) is 27.1. The molecule has 0 aromatic carbocycles. The maximum Gasteiger partial charge on any atom is 0.0979 e. The van der Waals surface area contributed by atoms with E-state index in [0.29, 0.717) is 16.7 Å². The van der Waals surface area contributed by atoms with Gasteiger partial charge in [-0.05, 0) is 188 Å².